The van der Waals surface area contributed by atoms with Crippen LogP contribution in [0.5, 0.6) is 5.75 Å². The Labute approximate surface area is 183 Å². The number of morpholine rings is 1. The van der Waals surface area contributed by atoms with E-state index in [1.807, 2.05) is 42.7 Å². The van der Waals surface area contributed by atoms with Crippen molar-refractivity contribution in [3.05, 3.63) is 75.7 Å². The molecule has 0 aliphatic carbocycles. The molecule has 0 spiro atoms. The number of rotatable bonds is 9. The van der Waals surface area contributed by atoms with E-state index in [1.54, 1.807) is 6.08 Å². The first-order chi connectivity index (χ1) is 15.0. The van der Waals surface area contributed by atoms with Crippen LogP contribution in [0, 0.1) is 13.8 Å². The lowest BCUT2D eigenvalue weighted by atomic mass is 10.1. The van der Waals surface area contributed by atoms with Gasteiger partial charge in [0, 0.05) is 44.5 Å². The highest BCUT2D eigenvalue weighted by Gasteiger charge is 2.21. The average Bonchev–Trinajstić information content (AvgIpc) is 2.77. The van der Waals surface area contributed by atoms with Crippen LogP contribution >= 0.6 is 0 Å². The molecule has 1 aliphatic heterocycles. The third-order valence-electron chi connectivity index (χ3n) is 5.40. The summed E-state index contributed by atoms with van der Waals surface area (Å²) in [4.78, 5) is 27.9. The van der Waals surface area contributed by atoms with Crippen LogP contribution in [-0.2, 0) is 17.9 Å². The molecular formula is C24H31N3O4. The minimum atomic E-state index is -0.410. The first-order valence-electron chi connectivity index (χ1n) is 10.6. The van der Waals surface area contributed by atoms with Gasteiger partial charge < -0.3 is 19.4 Å². The summed E-state index contributed by atoms with van der Waals surface area (Å²) in [6.45, 7) is 12.6. The van der Waals surface area contributed by atoms with Gasteiger partial charge in [-0.25, -0.2) is 0 Å². The third-order valence-corrected chi connectivity index (χ3v) is 5.40. The Balaban J connectivity index is 1.91. The highest BCUT2D eigenvalue weighted by atomic mass is 16.5. The number of aryl methyl sites for hydroxylation is 2. The van der Waals surface area contributed by atoms with Crippen molar-refractivity contribution in [2.75, 3.05) is 39.4 Å². The summed E-state index contributed by atoms with van der Waals surface area (Å²) in [5.74, 6) is 0.282. The molecule has 0 radical (unpaired) electrons. The fourth-order valence-corrected chi connectivity index (χ4v) is 3.64. The van der Waals surface area contributed by atoms with Gasteiger partial charge in [0.25, 0.3) is 5.91 Å². The van der Waals surface area contributed by atoms with Crippen LogP contribution in [0.3, 0.4) is 0 Å². The fraction of sp³-hybridized carbons (Fsp3) is 0.417. The lowest BCUT2D eigenvalue weighted by molar-refractivity contribution is 0.0361. The Morgan fingerprint density at radius 2 is 1.90 bits per heavy atom. The molecular weight excluding hydrogens is 394 g/mol. The van der Waals surface area contributed by atoms with Crippen molar-refractivity contribution in [2.45, 2.75) is 27.0 Å². The van der Waals surface area contributed by atoms with Crippen molar-refractivity contribution in [3.63, 3.8) is 0 Å². The summed E-state index contributed by atoms with van der Waals surface area (Å²) in [5.41, 5.74) is 2.35. The number of aromatic nitrogens is 1. The summed E-state index contributed by atoms with van der Waals surface area (Å²) < 4.78 is 13.4. The van der Waals surface area contributed by atoms with E-state index in [0.717, 1.165) is 44.1 Å². The van der Waals surface area contributed by atoms with Crippen molar-refractivity contribution < 1.29 is 14.3 Å². The zero-order valence-electron chi connectivity index (χ0n) is 18.4. The number of ether oxygens (including phenoxy) is 2. The van der Waals surface area contributed by atoms with Gasteiger partial charge >= 0.3 is 0 Å². The maximum absolute atomic E-state index is 12.8. The molecule has 7 nitrogen and oxygen atoms in total. The van der Waals surface area contributed by atoms with E-state index < -0.39 is 5.91 Å². The highest BCUT2D eigenvalue weighted by Crippen LogP contribution is 2.17. The molecule has 1 aromatic carbocycles. The molecule has 2 aromatic rings. The summed E-state index contributed by atoms with van der Waals surface area (Å²) in [7, 11) is 0. The number of nitrogens with zero attached hydrogens (tertiary/aromatic N) is 2. The van der Waals surface area contributed by atoms with Crippen LogP contribution in [0.25, 0.3) is 0 Å². The number of benzene rings is 1. The van der Waals surface area contributed by atoms with Crippen molar-refractivity contribution in [1.82, 2.24) is 14.8 Å². The van der Waals surface area contributed by atoms with E-state index in [9.17, 15) is 9.59 Å². The molecule has 1 aliphatic rings. The van der Waals surface area contributed by atoms with E-state index in [0.29, 0.717) is 18.0 Å². The predicted molar refractivity (Wildman–Crippen MR) is 121 cm³/mol. The summed E-state index contributed by atoms with van der Waals surface area (Å²) >= 11 is 0. The van der Waals surface area contributed by atoms with Crippen LogP contribution in [-0.4, -0.2) is 54.8 Å². The van der Waals surface area contributed by atoms with Crippen LogP contribution < -0.4 is 15.5 Å². The predicted octanol–water partition coefficient (Wildman–Crippen LogP) is 2.29. The van der Waals surface area contributed by atoms with Crippen molar-refractivity contribution in [3.8, 4) is 5.75 Å². The van der Waals surface area contributed by atoms with Gasteiger partial charge in [-0.2, -0.15) is 0 Å². The van der Waals surface area contributed by atoms with Gasteiger partial charge in [-0.3, -0.25) is 14.5 Å². The number of hydrogen-bond acceptors (Lipinski definition) is 5. The van der Waals surface area contributed by atoms with E-state index in [-0.39, 0.29) is 24.1 Å². The van der Waals surface area contributed by atoms with Crippen LogP contribution in [0.2, 0.25) is 0 Å². The number of carbonyl (C=O) groups excluding carboxylic acids is 1. The van der Waals surface area contributed by atoms with Crippen LogP contribution in [0.15, 0.2) is 47.8 Å². The van der Waals surface area contributed by atoms with Gasteiger partial charge in [-0.05, 0) is 26.0 Å². The highest BCUT2D eigenvalue weighted by molar-refractivity contribution is 5.95. The Morgan fingerprint density at radius 3 is 2.58 bits per heavy atom. The first-order valence-corrected chi connectivity index (χ1v) is 10.6. The second-order valence-corrected chi connectivity index (χ2v) is 7.68. The molecule has 7 heteroatoms. The van der Waals surface area contributed by atoms with Crippen LogP contribution in [0.1, 0.15) is 27.3 Å². The Kier molecular flexibility index (Phi) is 8.03. The molecule has 1 fully saturated rings. The Bertz CT molecular complexity index is 960. The molecule has 2 heterocycles. The second-order valence-electron chi connectivity index (χ2n) is 7.68. The number of nitrogens with one attached hydrogen (secondary N) is 1. The molecule has 1 saturated heterocycles. The second kappa shape index (κ2) is 10.9. The minimum absolute atomic E-state index is 0.125. The van der Waals surface area contributed by atoms with Crippen molar-refractivity contribution in [1.29, 1.82) is 0 Å². The smallest absolute Gasteiger partial charge is 0.257 e. The van der Waals surface area contributed by atoms with Crippen molar-refractivity contribution in [2.24, 2.45) is 0 Å². The van der Waals surface area contributed by atoms with Gasteiger partial charge in [0.15, 0.2) is 5.43 Å². The molecule has 3 rings (SSSR count). The Hall–Kier alpha value is -2.90. The molecule has 1 amide bonds. The van der Waals surface area contributed by atoms with Crippen molar-refractivity contribution >= 4 is 5.91 Å². The van der Waals surface area contributed by atoms with Gasteiger partial charge in [0.1, 0.15) is 17.9 Å². The van der Waals surface area contributed by atoms with E-state index in [4.69, 9.17) is 9.47 Å². The molecule has 1 aromatic heterocycles. The number of pyridine rings is 1. The topological polar surface area (TPSA) is 72.8 Å². The lowest BCUT2D eigenvalue weighted by Crippen LogP contribution is -2.39. The lowest BCUT2D eigenvalue weighted by Gasteiger charge is -2.28. The summed E-state index contributed by atoms with van der Waals surface area (Å²) in [6.07, 6.45) is 1.59. The summed E-state index contributed by atoms with van der Waals surface area (Å²) in [5, 5.41) is 2.73. The minimum Gasteiger partial charge on any atom is -0.487 e. The van der Waals surface area contributed by atoms with Gasteiger partial charge in [0.2, 0.25) is 0 Å². The summed E-state index contributed by atoms with van der Waals surface area (Å²) in [6, 6.07) is 9.23. The number of amides is 1. The largest absolute Gasteiger partial charge is 0.487 e. The van der Waals surface area contributed by atoms with E-state index >= 15 is 0 Å². The number of hydrogen-bond donors (Lipinski definition) is 1. The van der Waals surface area contributed by atoms with Gasteiger partial charge in [-0.1, -0.05) is 23.8 Å². The maximum Gasteiger partial charge on any atom is 0.257 e. The SMILES string of the molecule is C=CCNC(=O)c1c(COc2ccc(C)cc2)n(CCN2CCOCC2)c(C)cc1=O. The van der Waals surface area contributed by atoms with Gasteiger partial charge in [-0.15, -0.1) is 6.58 Å². The first kappa shape index (κ1) is 22.8. The standard InChI is InChI=1S/C24H31N3O4/c1-4-9-25-24(29)23-21(17-31-20-7-5-18(2)6-8-20)27(19(3)16-22(23)28)11-10-26-12-14-30-15-13-26/h4-8,16H,1,9-15,17H2,2-3H3,(H,25,29). The van der Waals surface area contributed by atoms with E-state index in [2.05, 4.69) is 16.8 Å². The van der Waals surface area contributed by atoms with E-state index in [1.165, 1.54) is 6.07 Å². The fourth-order valence-electron chi connectivity index (χ4n) is 3.64. The molecule has 0 atom stereocenters. The molecule has 1 N–H and O–H groups in total. The third kappa shape index (κ3) is 6.06. The molecule has 31 heavy (non-hydrogen) atoms. The Morgan fingerprint density at radius 1 is 1.19 bits per heavy atom. The molecule has 0 saturated carbocycles. The number of carbonyl (C=O) groups is 1. The maximum atomic E-state index is 12.8. The van der Waals surface area contributed by atoms with Gasteiger partial charge in [0.05, 0.1) is 18.9 Å². The quantitative estimate of drug-likeness (QED) is 0.624. The molecule has 0 unspecified atom stereocenters. The van der Waals surface area contributed by atoms with Crippen LogP contribution in [0.4, 0.5) is 0 Å². The zero-order chi connectivity index (χ0) is 22.2. The normalized spacial score (nSPS) is 14.3. The molecule has 0 bridgehead atoms. The zero-order valence-corrected chi connectivity index (χ0v) is 18.4. The monoisotopic (exact) mass is 425 g/mol. The molecule has 166 valence electrons. The average molecular weight is 426 g/mol.